The lowest BCUT2D eigenvalue weighted by Crippen LogP contribution is -2.33. The second-order valence-electron chi connectivity index (χ2n) is 6.38. The van der Waals surface area contributed by atoms with Crippen LogP contribution in [0.4, 0.5) is 10.2 Å². The molecule has 8 nitrogen and oxygen atoms in total. The van der Waals surface area contributed by atoms with E-state index in [9.17, 15) is 9.18 Å². The predicted octanol–water partition coefficient (Wildman–Crippen LogP) is 1.39. The molecule has 138 valence electrons. The van der Waals surface area contributed by atoms with Gasteiger partial charge in [-0.25, -0.2) is 13.9 Å². The van der Waals surface area contributed by atoms with Crippen LogP contribution in [-0.4, -0.2) is 46.8 Å². The van der Waals surface area contributed by atoms with E-state index in [1.807, 2.05) is 4.90 Å². The topological polar surface area (TPSA) is 81.0 Å². The predicted molar refractivity (Wildman–Crippen MR) is 93.8 cm³/mol. The third-order valence-corrected chi connectivity index (χ3v) is 4.64. The van der Waals surface area contributed by atoms with Crippen LogP contribution < -0.4 is 19.7 Å². The van der Waals surface area contributed by atoms with Gasteiger partial charge in [-0.05, 0) is 6.07 Å². The lowest BCUT2D eigenvalue weighted by molar-refractivity contribution is 0.0948. The van der Waals surface area contributed by atoms with Gasteiger partial charge in [-0.3, -0.25) is 4.79 Å². The summed E-state index contributed by atoms with van der Waals surface area (Å²) in [5, 5.41) is 6.99. The number of hydrogen-bond acceptors (Lipinski definition) is 6. The fourth-order valence-electron chi connectivity index (χ4n) is 3.32. The van der Waals surface area contributed by atoms with E-state index in [-0.39, 0.29) is 24.9 Å². The van der Waals surface area contributed by atoms with E-state index < -0.39 is 0 Å². The summed E-state index contributed by atoms with van der Waals surface area (Å²) in [6.07, 6.45) is 3.21. The molecular formula is C18H16FN5O3. The van der Waals surface area contributed by atoms with Gasteiger partial charge in [0.15, 0.2) is 17.2 Å². The summed E-state index contributed by atoms with van der Waals surface area (Å²) in [5.74, 6) is 1.01. The summed E-state index contributed by atoms with van der Waals surface area (Å²) < 4.78 is 26.7. The molecule has 27 heavy (non-hydrogen) atoms. The Hall–Kier alpha value is -3.36. The molecule has 5 rings (SSSR count). The maximum Gasteiger partial charge on any atom is 0.256 e. The smallest absolute Gasteiger partial charge is 0.256 e. The number of carbonyl (C=O) groups excluding carboxylic acids is 1. The molecule has 0 unspecified atom stereocenters. The summed E-state index contributed by atoms with van der Waals surface area (Å²) in [6, 6.07) is 4.49. The minimum Gasteiger partial charge on any atom is -0.491 e. The van der Waals surface area contributed by atoms with Crippen LogP contribution in [0, 0.1) is 5.82 Å². The van der Waals surface area contributed by atoms with Crippen LogP contribution in [0.5, 0.6) is 11.5 Å². The molecule has 0 saturated heterocycles. The number of nitrogens with zero attached hydrogens (tertiary/aromatic N) is 4. The first-order chi connectivity index (χ1) is 13.2. The number of benzene rings is 1. The van der Waals surface area contributed by atoms with Crippen molar-refractivity contribution in [3.05, 3.63) is 47.5 Å². The minimum absolute atomic E-state index is 0.228. The molecule has 2 aliphatic rings. The normalized spacial score (nSPS) is 16.5. The number of halogens is 1. The Bertz CT molecular complexity index is 1050. The highest BCUT2D eigenvalue weighted by molar-refractivity contribution is 5.99. The number of nitrogens with one attached hydrogen (secondary N) is 1. The van der Waals surface area contributed by atoms with Crippen molar-refractivity contribution in [3.63, 3.8) is 0 Å². The number of aromatic nitrogens is 3. The zero-order valence-electron chi connectivity index (χ0n) is 14.3. The molecular weight excluding hydrogens is 353 g/mol. The van der Waals surface area contributed by atoms with Crippen molar-refractivity contribution in [2.75, 3.05) is 31.2 Å². The average Bonchev–Trinajstić information content (AvgIpc) is 3.08. The van der Waals surface area contributed by atoms with Gasteiger partial charge in [0.2, 0.25) is 0 Å². The number of anilines is 1. The van der Waals surface area contributed by atoms with Crippen molar-refractivity contribution in [3.8, 4) is 11.5 Å². The number of fused-ring (bicyclic) bond motifs is 1. The lowest BCUT2D eigenvalue weighted by Gasteiger charge is -2.30. The molecule has 0 spiro atoms. The van der Waals surface area contributed by atoms with Crippen molar-refractivity contribution in [1.29, 1.82) is 0 Å². The number of ether oxygens (including phenoxy) is 2. The molecule has 0 aliphatic carbocycles. The third kappa shape index (κ3) is 2.71. The van der Waals surface area contributed by atoms with Crippen LogP contribution in [0.1, 0.15) is 15.9 Å². The molecule has 0 atom stereocenters. The summed E-state index contributed by atoms with van der Waals surface area (Å²) in [5.41, 5.74) is 1.68. The van der Waals surface area contributed by atoms with Crippen molar-refractivity contribution in [2.45, 2.75) is 6.54 Å². The van der Waals surface area contributed by atoms with Crippen molar-refractivity contribution in [2.24, 2.45) is 0 Å². The molecule has 9 heteroatoms. The van der Waals surface area contributed by atoms with E-state index in [2.05, 4.69) is 15.4 Å². The molecule has 1 N–H and O–H groups in total. The Kier molecular flexibility index (Phi) is 3.59. The zero-order valence-corrected chi connectivity index (χ0v) is 14.3. The van der Waals surface area contributed by atoms with E-state index in [0.717, 1.165) is 5.56 Å². The van der Waals surface area contributed by atoms with Gasteiger partial charge < -0.3 is 19.7 Å². The van der Waals surface area contributed by atoms with Crippen molar-refractivity contribution < 1.29 is 18.7 Å². The highest BCUT2D eigenvalue weighted by Gasteiger charge is 2.25. The Morgan fingerprint density at radius 1 is 1.19 bits per heavy atom. The van der Waals surface area contributed by atoms with E-state index in [4.69, 9.17) is 9.47 Å². The molecule has 2 aliphatic heterocycles. The maximum absolute atomic E-state index is 13.7. The molecule has 1 amide bonds. The Balaban J connectivity index is 1.66. The second kappa shape index (κ2) is 6.11. The third-order valence-electron chi connectivity index (χ3n) is 4.64. The Morgan fingerprint density at radius 3 is 3.00 bits per heavy atom. The second-order valence-corrected chi connectivity index (χ2v) is 6.38. The average molecular weight is 369 g/mol. The van der Waals surface area contributed by atoms with Crippen LogP contribution in [0.15, 0.2) is 30.6 Å². The molecule has 4 heterocycles. The van der Waals surface area contributed by atoms with Crippen LogP contribution in [0.3, 0.4) is 0 Å². The number of amides is 1. The summed E-state index contributed by atoms with van der Waals surface area (Å²) in [4.78, 5) is 19.2. The summed E-state index contributed by atoms with van der Waals surface area (Å²) >= 11 is 0. The number of hydrogen-bond donors (Lipinski definition) is 1. The van der Waals surface area contributed by atoms with Gasteiger partial charge in [0.25, 0.3) is 5.91 Å². The maximum atomic E-state index is 13.7. The van der Waals surface area contributed by atoms with Gasteiger partial charge in [0, 0.05) is 18.2 Å². The van der Waals surface area contributed by atoms with E-state index in [1.165, 1.54) is 22.8 Å². The molecule has 0 radical (unpaired) electrons. The summed E-state index contributed by atoms with van der Waals surface area (Å²) in [7, 11) is 0. The van der Waals surface area contributed by atoms with E-state index in [1.54, 1.807) is 12.3 Å². The number of carbonyl (C=O) groups is 1. The largest absolute Gasteiger partial charge is 0.491 e. The standard InChI is InChI=1S/C18H16FN5O3/c19-12-2-1-11-9-23-4-6-27-15-10-24-16(22-17(15)23)13(8-21-24)18(25)20-3-5-26-14(11)7-12/h1-2,7-8,10H,3-6,9H2,(H,20,25). The van der Waals surface area contributed by atoms with Gasteiger partial charge >= 0.3 is 0 Å². The van der Waals surface area contributed by atoms with Gasteiger partial charge in [0.05, 0.1) is 25.5 Å². The van der Waals surface area contributed by atoms with Crippen LogP contribution in [0.25, 0.3) is 5.65 Å². The van der Waals surface area contributed by atoms with E-state index >= 15 is 0 Å². The SMILES string of the molecule is O=C1NCCOc2cc(F)ccc2CN2CCOc3cn4ncc1c4nc32. The minimum atomic E-state index is -0.368. The van der Waals surface area contributed by atoms with Crippen LogP contribution in [-0.2, 0) is 6.54 Å². The fourth-order valence-corrected chi connectivity index (χ4v) is 3.32. The zero-order chi connectivity index (χ0) is 18.4. The van der Waals surface area contributed by atoms with E-state index in [0.29, 0.717) is 48.2 Å². The molecule has 0 saturated carbocycles. The van der Waals surface area contributed by atoms with Gasteiger partial charge in [0.1, 0.15) is 30.3 Å². The van der Waals surface area contributed by atoms with Crippen LogP contribution in [0.2, 0.25) is 0 Å². The Labute approximate surface area is 153 Å². The highest BCUT2D eigenvalue weighted by Crippen LogP contribution is 2.33. The van der Waals surface area contributed by atoms with Gasteiger partial charge in [-0.2, -0.15) is 5.10 Å². The fraction of sp³-hybridized carbons (Fsp3) is 0.278. The van der Waals surface area contributed by atoms with Crippen LogP contribution >= 0.6 is 0 Å². The molecule has 3 aromatic rings. The highest BCUT2D eigenvalue weighted by atomic mass is 19.1. The van der Waals surface area contributed by atoms with Gasteiger partial charge in [-0.15, -0.1) is 0 Å². The number of rotatable bonds is 0. The first-order valence-corrected chi connectivity index (χ1v) is 8.64. The lowest BCUT2D eigenvalue weighted by atomic mass is 10.1. The van der Waals surface area contributed by atoms with Crippen molar-refractivity contribution in [1.82, 2.24) is 19.9 Å². The van der Waals surface area contributed by atoms with Gasteiger partial charge in [-0.1, -0.05) is 6.07 Å². The molecule has 2 aromatic heterocycles. The molecule has 1 aromatic carbocycles. The molecule has 2 bridgehead atoms. The summed E-state index contributed by atoms with van der Waals surface area (Å²) in [6.45, 7) is 2.10. The first kappa shape index (κ1) is 15.9. The Morgan fingerprint density at radius 2 is 2.07 bits per heavy atom. The first-order valence-electron chi connectivity index (χ1n) is 8.64. The van der Waals surface area contributed by atoms with Crippen molar-refractivity contribution >= 4 is 17.4 Å². The monoisotopic (exact) mass is 369 g/mol. The molecule has 0 fully saturated rings. The quantitative estimate of drug-likeness (QED) is 0.645.